The van der Waals surface area contributed by atoms with Gasteiger partial charge in [0, 0.05) is 5.02 Å². The van der Waals surface area contributed by atoms with Gasteiger partial charge in [-0.25, -0.2) is 4.79 Å². The van der Waals surface area contributed by atoms with E-state index in [9.17, 15) is 9.59 Å². The largest absolute Gasteiger partial charge is 0.462 e. The van der Waals surface area contributed by atoms with Crippen LogP contribution in [-0.2, 0) is 14.3 Å². The van der Waals surface area contributed by atoms with Gasteiger partial charge in [-0.1, -0.05) is 23.7 Å². The van der Waals surface area contributed by atoms with E-state index >= 15 is 0 Å². The predicted octanol–water partition coefficient (Wildman–Crippen LogP) is 2.88. The van der Waals surface area contributed by atoms with E-state index in [1.165, 1.54) is 13.0 Å². The predicted molar refractivity (Wildman–Crippen MR) is 66.7 cm³/mol. The second-order valence-electron chi connectivity index (χ2n) is 3.39. The maximum absolute atomic E-state index is 11.5. The normalized spacial score (nSPS) is 11.1. The van der Waals surface area contributed by atoms with Crippen LogP contribution in [0.15, 0.2) is 29.8 Å². The number of esters is 1. The first-order valence-electron chi connectivity index (χ1n) is 5.20. The zero-order valence-corrected chi connectivity index (χ0v) is 10.5. The number of hydrogen-bond acceptors (Lipinski definition) is 3. The smallest absolute Gasteiger partial charge is 0.341 e. The molecule has 0 atom stereocenters. The summed E-state index contributed by atoms with van der Waals surface area (Å²) in [6, 6.07) is 6.89. The number of hydrogen-bond donors (Lipinski definition) is 0. The molecule has 0 radical (unpaired) electrons. The zero-order chi connectivity index (χ0) is 12.8. The van der Waals surface area contributed by atoms with E-state index in [1.54, 1.807) is 31.2 Å². The highest BCUT2D eigenvalue weighted by atomic mass is 35.5. The van der Waals surface area contributed by atoms with E-state index in [-0.39, 0.29) is 18.0 Å². The van der Waals surface area contributed by atoms with E-state index in [0.29, 0.717) is 10.6 Å². The monoisotopic (exact) mass is 252 g/mol. The van der Waals surface area contributed by atoms with Crippen LogP contribution in [0, 0.1) is 0 Å². The standard InChI is InChI=1S/C13H13ClO3/c1-3-17-13(16)12(9(2)15)8-10-5-4-6-11(14)7-10/h4-8H,3H2,1-2H3. The summed E-state index contributed by atoms with van der Waals surface area (Å²) in [7, 11) is 0. The highest BCUT2D eigenvalue weighted by Crippen LogP contribution is 2.14. The van der Waals surface area contributed by atoms with Crippen molar-refractivity contribution in [2.75, 3.05) is 6.61 Å². The summed E-state index contributed by atoms with van der Waals surface area (Å²) >= 11 is 5.82. The Morgan fingerprint density at radius 3 is 2.65 bits per heavy atom. The van der Waals surface area contributed by atoms with Crippen molar-refractivity contribution in [1.29, 1.82) is 0 Å². The van der Waals surface area contributed by atoms with Crippen molar-refractivity contribution in [2.45, 2.75) is 13.8 Å². The number of ketones is 1. The first kappa shape index (κ1) is 13.5. The lowest BCUT2D eigenvalue weighted by atomic mass is 10.1. The van der Waals surface area contributed by atoms with Crippen molar-refractivity contribution in [3.63, 3.8) is 0 Å². The molecule has 0 aromatic heterocycles. The Kier molecular flexibility index (Phi) is 4.91. The highest BCUT2D eigenvalue weighted by Gasteiger charge is 2.15. The lowest BCUT2D eigenvalue weighted by Crippen LogP contribution is -2.13. The van der Waals surface area contributed by atoms with Crippen molar-refractivity contribution >= 4 is 29.4 Å². The zero-order valence-electron chi connectivity index (χ0n) is 9.70. The summed E-state index contributed by atoms with van der Waals surface area (Å²) in [6.45, 7) is 3.25. The van der Waals surface area contributed by atoms with Crippen LogP contribution in [-0.4, -0.2) is 18.4 Å². The van der Waals surface area contributed by atoms with Gasteiger partial charge in [-0.3, -0.25) is 4.79 Å². The molecule has 1 aromatic rings. The minimum absolute atomic E-state index is 0.0223. The number of rotatable bonds is 4. The maximum atomic E-state index is 11.5. The Morgan fingerprint density at radius 2 is 2.12 bits per heavy atom. The van der Waals surface area contributed by atoms with Crippen LogP contribution in [0.4, 0.5) is 0 Å². The molecule has 0 aliphatic heterocycles. The van der Waals surface area contributed by atoms with Crippen LogP contribution in [0.25, 0.3) is 6.08 Å². The first-order valence-corrected chi connectivity index (χ1v) is 5.57. The number of ether oxygens (including phenoxy) is 1. The minimum atomic E-state index is -0.611. The van der Waals surface area contributed by atoms with Gasteiger partial charge in [0.25, 0.3) is 0 Å². The fraction of sp³-hybridized carbons (Fsp3) is 0.231. The topological polar surface area (TPSA) is 43.4 Å². The Hall–Kier alpha value is -1.61. The Labute approximate surface area is 105 Å². The van der Waals surface area contributed by atoms with Crippen molar-refractivity contribution in [1.82, 2.24) is 0 Å². The highest BCUT2D eigenvalue weighted by molar-refractivity contribution is 6.30. The van der Waals surface area contributed by atoms with E-state index in [4.69, 9.17) is 16.3 Å². The second kappa shape index (κ2) is 6.21. The van der Waals surface area contributed by atoms with E-state index < -0.39 is 5.97 Å². The molecule has 0 spiro atoms. The molecule has 1 aromatic carbocycles. The van der Waals surface area contributed by atoms with Gasteiger partial charge in [-0.15, -0.1) is 0 Å². The van der Waals surface area contributed by atoms with Gasteiger partial charge in [0.15, 0.2) is 5.78 Å². The van der Waals surface area contributed by atoms with E-state index in [0.717, 1.165) is 0 Å². The molecule has 0 amide bonds. The van der Waals surface area contributed by atoms with Gasteiger partial charge >= 0.3 is 5.97 Å². The summed E-state index contributed by atoms with van der Waals surface area (Å²) in [4.78, 5) is 22.9. The summed E-state index contributed by atoms with van der Waals surface area (Å²) in [5.74, 6) is -0.941. The average Bonchev–Trinajstić information content (AvgIpc) is 2.26. The Balaban J connectivity index is 3.06. The lowest BCUT2D eigenvalue weighted by molar-refractivity contribution is -0.139. The quantitative estimate of drug-likeness (QED) is 0.358. The molecule has 0 aliphatic carbocycles. The molecule has 0 unspecified atom stereocenters. The number of carbonyl (C=O) groups excluding carboxylic acids is 2. The number of carbonyl (C=O) groups is 2. The van der Waals surface area contributed by atoms with E-state index in [1.807, 2.05) is 0 Å². The van der Waals surface area contributed by atoms with Gasteiger partial charge < -0.3 is 4.74 Å². The molecular formula is C13H13ClO3. The Morgan fingerprint density at radius 1 is 1.41 bits per heavy atom. The summed E-state index contributed by atoms with van der Waals surface area (Å²) in [5, 5.41) is 0.547. The molecule has 90 valence electrons. The summed E-state index contributed by atoms with van der Waals surface area (Å²) in [5.41, 5.74) is 0.713. The summed E-state index contributed by atoms with van der Waals surface area (Å²) in [6.07, 6.45) is 1.48. The molecule has 17 heavy (non-hydrogen) atoms. The van der Waals surface area contributed by atoms with Crippen LogP contribution < -0.4 is 0 Å². The summed E-state index contributed by atoms with van der Waals surface area (Å²) < 4.78 is 4.81. The molecule has 0 saturated heterocycles. The van der Waals surface area contributed by atoms with Crippen LogP contribution in [0.5, 0.6) is 0 Å². The SMILES string of the molecule is CCOC(=O)C(=Cc1cccc(Cl)c1)C(C)=O. The van der Waals surface area contributed by atoms with Crippen LogP contribution >= 0.6 is 11.6 Å². The number of halogens is 1. The average molecular weight is 253 g/mol. The van der Waals surface area contributed by atoms with Gasteiger partial charge in [0.2, 0.25) is 0 Å². The molecule has 3 nitrogen and oxygen atoms in total. The molecule has 0 heterocycles. The van der Waals surface area contributed by atoms with Gasteiger partial charge in [-0.05, 0) is 37.6 Å². The fourth-order valence-corrected chi connectivity index (χ4v) is 1.47. The third-order valence-electron chi connectivity index (χ3n) is 2.03. The van der Waals surface area contributed by atoms with Crippen LogP contribution in [0.2, 0.25) is 5.02 Å². The van der Waals surface area contributed by atoms with Crippen molar-refractivity contribution in [2.24, 2.45) is 0 Å². The second-order valence-corrected chi connectivity index (χ2v) is 3.83. The Bertz CT molecular complexity index is 463. The van der Waals surface area contributed by atoms with Crippen molar-refractivity contribution in [3.05, 3.63) is 40.4 Å². The van der Waals surface area contributed by atoms with Crippen molar-refractivity contribution in [3.8, 4) is 0 Å². The number of Topliss-reactive ketones (excluding diaryl/α,β-unsaturated/α-hetero) is 1. The lowest BCUT2D eigenvalue weighted by Gasteiger charge is -2.03. The molecular weight excluding hydrogens is 240 g/mol. The van der Waals surface area contributed by atoms with Gasteiger partial charge in [0.1, 0.15) is 5.57 Å². The molecule has 0 N–H and O–H groups in total. The maximum Gasteiger partial charge on any atom is 0.341 e. The molecule has 0 aliphatic rings. The van der Waals surface area contributed by atoms with Crippen LogP contribution in [0.1, 0.15) is 19.4 Å². The first-order chi connectivity index (χ1) is 8.04. The third kappa shape index (κ3) is 4.04. The minimum Gasteiger partial charge on any atom is -0.462 e. The third-order valence-corrected chi connectivity index (χ3v) is 2.27. The number of benzene rings is 1. The van der Waals surface area contributed by atoms with Crippen LogP contribution in [0.3, 0.4) is 0 Å². The van der Waals surface area contributed by atoms with E-state index in [2.05, 4.69) is 0 Å². The molecule has 0 bridgehead atoms. The molecule has 0 fully saturated rings. The molecule has 1 rings (SSSR count). The van der Waals surface area contributed by atoms with Gasteiger partial charge in [-0.2, -0.15) is 0 Å². The fourth-order valence-electron chi connectivity index (χ4n) is 1.28. The van der Waals surface area contributed by atoms with Gasteiger partial charge in [0.05, 0.1) is 6.61 Å². The molecule has 4 heteroatoms. The van der Waals surface area contributed by atoms with Crippen molar-refractivity contribution < 1.29 is 14.3 Å². The molecule has 0 saturated carbocycles.